The largest absolute Gasteiger partial charge is 0.497 e. The van der Waals surface area contributed by atoms with Crippen LogP contribution in [-0.2, 0) is 14.8 Å². The fourth-order valence-electron chi connectivity index (χ4n) is 5.39. The summed E-state index contributed by atoms with van der Waals surface area (Å²) in [4.78, 5) is 18.2. The summed E-state index contributed by atoms with van der Waals surface area (Å²) in [5.41, 5.74) is 2.34. The van der Waals surface area contributed by atoms with Gasteiger partial charge in [0.25, 0.3) is 0 Å². The van der Waals surface area contributed by atoms with Crippen LogP contribution in [0.2, 0.25) is 0 Å². The first-order valence-electron chi connectivity index (χ1n) is 12.1. The van der Waals surface area contributed by atoms with E-state index in [2.05, 4.69) is 17.2 Å². The molecule has 9 heteroatoms. The number of methoxy groups -OCH3 is 1. The molecular weight excluding hydrogens is 469 g/mol. The van der Waals surface area contributed by atoms with E-state index in [1.54, 1.807) is 7.11 Å². The van der Waals surface area contributed by atoms with Crippen molar-refractivity contribution in [2.45, 2.75) is 36.5 Å². The number of hydrogen-bond acceptors (Lipinski definition) is 4. The number of aromatic nitrogens is 1. The van der Waals surface area contributed by atoms with Crippen molar-refractivity contribution in [3.8, 4) is 5.75 Å². The highest BCUT2D eigenvalue weighted by Gasteiger charge is 2.36. The zero-order valence-corrected chi connectivity index (χ0v) is 20.6. The summed E-state index contributed by atoms with van der Waals surface area (Å²) in [7, 11) is -2.24. The molecule has 3 heterocycles. The predicted molar refractivity (Wildman–Crippen MR) is 131 cm³/mol. The maximum atomic E-state index is 14.1. The summed E-state index contributed by atoms with van der Waals surface area (Å²) in [6, 6.07) is 11.4. The van der Waals surface area contributed by atoms with Crippen LogP contribution in [-0.4, -0.2) is 61.8 Å². The molecule has 35 heavy (non-hydrogen) atoms. The van der Waals surface area contributed by atoms with Crippen molar-refractivity contribution in [3.05, 3.63) is 60.0 Å². The lowest BCUT2D eigenvalue weighted by molar-refractivity contribution is -0.137. The van der Waals surface area contributed by atoms with Crippen LogP contribution in [0.4, 0.5) is 4.39 Å². The number of sulfonamides is 1. The lowest BCUT2D eigenvalue weighted by atomic mass is 9.88. The molecule has 1 aromatic heterocycles. The zero-order valence-electron chi connectivity index (χ0n) is 19.7. The number of ether oxygens (including phenoxy) is 1. The van der Waals surface area contributed by atoms with Crippen LogP contribution in [0, 0.1) is 11.7 Å². The molecule has 5 rings (SSSR count). The Labute approximate surface area is 204 Å². The number of piperidine rings is 2. The normalized spacial score (nSPS) is 18.7. The Kier molecular flexibility index (Phi) is 6.55. The van der Waals surface area contributed by atoms with Gasteiger partial charge in [0.2, 0.25) is 15.9 Å². The van der Waals surface area contributed by atoms with Gasteiger partial charge in [-0.2, -0.15) is 4.31 Å². The second kappa shape index (κ2) is 9.62. The van der Waals surface area contributed by atoms with Crippen LogP contribution >= 0.6 is 0 Å². The number of amides is 1. The fourth-order valence-corrected chi connectivity index (χ4v) is 6.93. The van der Waals surface area contributed by atoms with Gasteiger partial charge in [-0.3, -0.25) is 4.79 Å². The number of aromatic amines is 1. The molecule has 1 N–H and O–H groups in total. The van der Waals surface area contributed by atoms with E-state index in [9.17, 15) is 17.6 Å². The molecule has 0 atom stereocenters. The number of nitrogens with zero attached hydrogens (tertiary/aromatic N) is 2. The Morgan fingerprint density at radius 1 is 1.03 bits per heavy atom. The topological polar surface area (TPSA) is 82.7 Å². The number of H-pyrrole nitrogens is 1. The van der Waals surface area contributed by atoms with Crippen LogP contribution in [0.1, 0.15) is 37.2 Å². The highest BCUT2D eigenvalue weighted by molar-refractivity contribution is 7.89. The molecule has 2 aromatic carbocycles. The quantitative estimate of drug-likeness (QED) is 0.573. The molecular formula is C26H30FN3O4S. The average Bonchev–Trinajstić information content (AvgIpc) is 3.32. The van der Waals surface area contributed by atoms with Gasteiger partial charge < -0.3 is 14.6 Å². The summed E-state index contributed by atoms with van der Waals surface area (Å²) >= 11 is 0. The molecule has 0 saturated carbocycles. The summed E-state index contributed by atoms with van der Waals surface area (Å²) in [5.74, 6) is 0.354. The van der Waals surface area contributed by atoms with E-state index in [1.807, 2.05) is 17.0 Å². The van der Waals surface area contributed by atoms with Gasteiger partial charge in [0.1, 0.15) is 16.5 Å². The maximum Gasteiger partial charge on any atom is 0.245 e. The number of hydrogen-bond donors (Lipinski definition) is 1. The number of rotatable bonds is 5. The molecule has 0 bridgehead atoms. The summed E-state index contributed by atoms with van der Waals surface area (Å²) < 4.78 is 46.4. The summed E-state index contributed by atoms with van der Waals surface area (Å²) in [5, 5.41) is 1.16. The molecule has 2 aliphatic rings. The first-order chi connectivity index (χ1) is 16.9. The third-order valence-corrected chi connectivity index (χ3v) is 9.36. The van der Waals surface area contributed by atoms with Crippen molar-refractivity contribution >= 4 is 26.8 Å². The molecule has 2 aliphatic heterocycles. The van der Waals surface area contributed by atoms with E-state index >= 15 is 0 Å². The smallest absolute Gasteiger partial charge is 0.245 e. The van der Waals surface area contributed by atoms with Crippen LogP contribution in [0.15, 0.2) is 53.6 Å². The van der Waals surface area contributed by atoms with Crippen molar-refractivity contribution in [3.63, 3.8) is 0 Å². The lowest BCUT2D eigenvalue weighted by Crippen LogP contribution is -2.46. The molecule has 7 nitrogen and oxygen atoms in total. The molecule has 0 radical (unpaired) electrons. The predicted octanol–water partition coefficient (Wildman–Crippen LogP) is 4.12. The number of likely N-dealkylation sites (tertiary alicyclic amines) is 1. The van der Waals surface area contributed by atoms with E-state index in [4.69, 9.17) is 4.74 Å². The van der Waals surface area contributed by atoms with Gasteiger partial charge >= 0.3 is 0 Å². The van der Waals surface area contributed by atoms with Crippen molar-refractivity contribution in [2.24, 2.45) is 5.92 Å². The monoisotopic (exact) mass is 499 g/mol. The van der Waals surface area contributed by atoms with Crippen molar-refractivity contribution in [1.29, 1.82) is 0 Å². The minimum atomic E-state index is -3.90. The van der Waals surface area contributed by atoms with Crippen molar-refractivity contribution in [1.82, 2.24) is 14.2 Å². The third kappa shape index (κ3) is 4.54. The Morgan fingerprint density at radius 3 is 2.43 bits per heavy atom. The minimum absolute atomic E-state index is 0.104. The SMILES string of the molecule is COc1ccc2[nH]cc(C3CCN(C(=O)C4CCN(S(=O)(=O)c5ccccc5F)CC4)CC3)c2c1. The van der Waals surface area contributed by atoms with Gasteiger partial charge in [0.05, 0.1) is 7.11 Å². The van der Waals surface area contributed by atoms with Gasteiger partial charge in [-0.1, -0.05) is 12.1 Å². The van der Waals surface area contributed by atoms with Crippen LogP contribution in [0.25, 0.3) is 10.9 Å². The highest BCUT2D eigenvalue weighted by atomic mass is 32.2. The average molecular weight is 500 g/mol. The Bertz CT molecular complexity index is 1320. The number of carbonyl (C=O) groups excluding carboxylic acids is 1. The number of halogens is 1. The molecule has 0 spiro atoms. The van der Waals surface area contributed by atoms with Crippen molar-refractivity contribution in [2.75, 3.05) is 33.3 Å². The van der Waals surface area contributed by atoms with Gasteiger partial charge in [-0.15, -0.1) is 0 Å². The molecule has 2 fully saturated rings. The molecule has 186 valence electrons. The van der Waals surface area contributed by atoms with E-state index < -0.39 is 15.8 Å². The molecule has 0 unspecified atom stereocenters. The van der Waals surface area contributed by atoms with Crippen LogP contribution < -0.4 is 4.74 Å². The number of benzene rings is 2. The summed E-state index contributed by atoms with van der Waals surface area (Å²) in [6.45, 7) is 1.82. The van der Waals surface area contributed by atoms with Gasteiger partial charge in [0, 0.05) is 49.2 Å². The van der Waals surface area contributed by atoms with Gasteiger partial charge in [0.15, 0.2) is 0 Å². The van der Waals surface area contributed by atoms with Gasteiger partial charge in [-0.25, -0.2) is 12.8 Å². The molecule has 0 aliphatic carbocycles. The van der Waals surface area contributed by atoms with Crippen LogP contribution in [0.3, 0.4) is 0 Å². The Morgan fingerprint density at radius 2 is 1.74 bits per heavy atom. The first kappa shape index (κ1) is 23.8. The molecule has 2 saturated heterocycles. The zero-order chi connectivity index (χ0) is 24.6. The second-order valence-electron chi connectivity index (χ2n) is 9.36. The highest BCUT2D eigenvalue weighted by Crippen LogP contribution is 2.35. The minimum Gasteiger partial charge on any atom is -0.497 e. The van der Waals surface area contributed by atoms with E-state index in [0.717, 1.165) is 35.6 Å². The number of carbonyl (C=O) groups is 1. The standard InChI is InChI=1S/C26H30FN3O4S/c1-34-20-6-7-24-21(16-20)22(17-28-24)18-8-12-29(13-9-18)26(31)19-10-14-30(15-11-19)35(32,33)25-5-3-2-4-23(25)27/h2-7,16-19,28H,8-15H2,1H3. The van der Waals surface area contributed by atoms with E-state index in [-0.39, 0.29) is 29.8 Å². The third-order valence-electron chi connectivity index (χ3n) is 7.43. The number of fused-ring (bicyclic) bond motifs is 1. The lowest BCUT2D eigenvalue weighted by Gasteiger charge is -2.37. The molecule has 3 aromatic rings. The fraction of sp³-hybridized carbons (Fsp3) is 0.423. The number of nitrogens with one attached hydrogen (secondary N) is 1. The Hall–Kier alpha value is -2.91. The van der Waals surface area contributed by atoms with Crippen molar-refractivity contribution < 1.29 is 22.3 Å². The van der Waals surface area contributed by atoms with Crippen LogP contribution in [0.5, 0.6) is 5.75 Å². The second-order valence-corrected chi connectivity index (χ2v) is 11.3. The first-order valence-corrected chi connectivity index (χ1v) is 13.5. The summed E-state index contributed by atoms with van der Waals surface area (Å²) in [6.07, 6.45) is 4.74. The van der Waals surface area contributed by atoms with E-state index in [1.165, 1.54) is 28.1 Å². The maximum absolute atomic E-state index is 14.1. The van der Waals surface area contributed by atoms with E-state index in [0.29, 0.717) is 31.8 Å². The Balaban J connectivity index is 1.18. The molecule has 1 amide bonds. The van der Waals surface area contributed by atoms with Gasteiger partial charge in [-0.05, 0) is 67.5 Å².